The fourth-order valence-electron chi connectivity index (χ4n) is 4.80. The first-order valence-electron chi connectivity index (χ1n) is 12.0. The van der Waals surface area contributed by atoms with Gasteiger partial charge in [0.05, 0.1) is 6.61 Å². The Labute approximate surface area is 172 Å². The maximum Gasteiger partial charge on any atom is 0.119 e. The minimum atomic E-state index is 0.765. The second kappa shape index (κ2) is 11.5. The number of rotatable bonds is 11. The van der Waals surface area contributed by atoms with Crippen molar-refractivity contribution in [3.8, 4) is 5.75 Å². The highest BCUT2D eigenvalue weighted by Gasteiger charge is 2.22. The number of hydrogen-bond donors (Lipinski definition) is 0. The highest BCUT2D eigenvalue weighted by molar-refractivity contribution is 5.84. The Morgan fingerprint density at radius 3 is 2.25 bits per heavy atom. The van der Waals surface area contributed by atoms with Gasteiger partial charge < -0.3 is 4.74 Å². The highest BCUT2D eigenvalue weighted by atomic mass is 16.5. The first kappa shape index (κ1) is 21.2. The SMILES string of the molecule is CCCCCCCC[C@H]1CC[C@H](c2ccc3cc(OCCC)ccc3c2)CC1. The van der Waals surface area contributed by atoms with Gasteiger partial charge in [0.2, 0.25) is 0 Å². The largest absolute Gasteiger partial charge is 0.494 e. The molecule has 1 fully saturated rings. The standard InChI is InChI=1S/C27H40O/c1-3-5-6-7-8-9-10-22-11-13-23(14-12-22)24-15-16-26-21-27(28-19-4-2)18-17-25(26)20-24/h15-18,20-23H,3-14,19H2,1-2H3/t22-,23-. The Bertz CT molecular complexity index is 696. The molecule has 3 rings (SSSR count). The van der Waals surface area contributed by atoms with Gasteiger partial charge >= 0.3 is 0 Å². The molecule has 0 aliphatic heterocycles. The van der Waals surface area contributed by atoms with Crippen molar-refractivity contribution in [3.05, 3.63) is 42.0 Å². The van der Waals surface area contributed by atoms with E-state index in [0.717, 1.165) is 30.6 Å². The molecule has 0 N–H and O–H groups in total. The van der Waals surface area contributed by atoms with Crippen molar-refractivity contribution in [2.75, 3.05) is 6.61 Å². The molecule has 0 heterocycles. The zero-order valence-electron chi connectivity index (χ0n) is 18.2. The molecule has 0 saturated heterocycles. The summed E-state index contributed by atoms with van der Waals surface area (Å²) in [4.78, 5) is 0. The Morgan fingerprint density at radius 1 is 0.750 bits per heavy atom. The van der Waals surface area contributed by atoms with Crippen molar-refractivity contribution in [3.63, 3.8) is 0 Å². The molecule has 28 heavy (non-hydrogen) atoms. The fraction of sp³-hybridized carbons (Fsp3) is 0.630. The summed E-state index contributed by atoms with van der Waals surface area (Å²) in [6.07, 6.45) is 16.7. The molecule has 1 saturated carbocycles. The van der Waals surface area contributed by atoms with Crippen molar-refractivity contribution in [1.82, 2.24) is 0 Å². The summed E-state index contributed by atoms with van der Waals surface area (Å²) in [6, 6.07) is 13.6. The van der Waals surface area contributed by atoms with Gasteiger partial charge in [-0.1, -0.05) is 83.1 Å². The van der Waals surface area contributed by atoms with Crippen LogP contribution in [0.1, 0.15) is 102 Å². The zero-order chi connectivity index (χ0) is 19.6. The first-order chi connectivity index (χ1) is 13.8. The van der Waals surface area contributed by atoms with E-state index in [1.54, 1.807) is 5.56 Å². The third kappa shape index (κ3) is 6.26. The molecule has 0 atom stereocenters. The number of hydrogen-bond acceptors (Lipinski definition) is 1. The lowest BCUT2D eigenvalue weighted by molar-refractivity contribution is 0.302. The molecule has 1 aliphatic rings. The van der Waals surface area contributed by atoms with Crippen LogP contribution in [0.2, 0.25) is 0 Å². The second-order valence-electron chi connectivity index (χ2n) is 8.89. The van der Waals surface area contributed by atoms with Crippen LogP contribution in [0, 0.1) is 5.92 Å². The van der Waals surface area contributed by atoms with E-state index in [-0.39, 0.29) is 0 Å². The minimum Gasteiger partial charge on any atom is -0.494 e. The zero-order valence-corrected chi connectivity index (χ0v) is 18.2. The van der Waals surface area contributed by atoms with Gasteiger partial charge in [0.25, 0.3) is 0 Å². The van der Waals surface area contributed by atoms with Gasteiger partial charge in [-0.15, -0.1) is 0 Å². The van der Waals surface area contributed by atoms with Crippen molar-refractivity contribution in [2.24, 2.45) is 5.92 Å². The van der Waals surface area contributed by atoms with Crippen molar-refractivity contribution >= 4 is 10.8 Å². The van der Waals surface area contributed by atoms with Crippen LogP contribution in [-0.2, 0) is 0 Å². The van der Waals surface area contributed by atoms with E-state index in [1.165, 1.54) is 81.4 Å². The van der Waals surface area contributed by atoms with Crippen LogP contribution in [0.5, 0.6) is 5.75 Å². The summed E-state index contributed by atoms with van der Waals surface area (Å²) >= 11 is 0. The molecule has 0 aromatic heterocycles. The van der Waals surface area contributed by atoms with Crippen molar-refractivity contribution < 1.29 is 4.74 Å². The molecule has 154 valence electrons. The average molecular weight is 381 g/mol. The van der Waals surface area contributed by atoms with E-state index < -0.39 is 0 Å². The Balaban J connectivity index is 1.46. The quantitative estimate of drug-likeness (QED) is 0.354. The molecule has 2 aromatic carbocycles. The van der Waals surface area contributed by atoms with Crippen LogP contribution < -0.4 is 4.74 Å². The van der Waals surface area contributed by atoms with Crippen molar-refractivity contribution in [1.29, 1.82) is 0 Å². The topological polar surface area (TPSA) is 9.23 Å². The van der Waals surface area contributed by atoms with Crippen LogP contribution in [-0.4, -0.2) is 6.61 Å². The van der Waals surface area contributed by atoms with E-state index in [0.29, 0.717) is 0 Å². The molecular formula is C27H40O. The lowest BCUT2D eigenvalue weighted by Crippen LogP contribution is -2.13. The van der Waals surface area contributed by atoms with Gasteiger partial charge in [0.1, 0.15) is 5.75 Å². The van der Waals surface area contributed by atoms with Gasteiger partial charge in [-0.05, 0) is 72.4 Å². The van der Waals surface area contributed by atoms with Gasteiger partial charge in [-0.25, -0.2) is 0 Å². The Kier molecular flexibility index (Phi) is 8.70. The van der Waals surface area contributed by atoms with Crippen LogP contribution in [0.4, 0.5) is 0 Å². The molecule has 1 heteroatoms. The summed E-state index contributed by atoms with van der Waals surface area (Å²) in [7, 11) is 0. The first-order valence-corrected chi connectivity index (χ1v) is 12.0. The number of unbranched alkanes of at least 4 members (excludes halogenated alkanes) is 5. The average Bonchev–Trinajstić information content (AvgIpc) is 2.74. The van der Waals surface area contributed by atoms with E-state index in [4.69, 9.17) is 4.74 Å². The monoisotopic (exact) mass is 380 g/mol. The van der Waals surface area contributed by atoms with Crippen LogP contribution >= 0.6 is 0 Å². The molecule has 0 spiro atoms. The van der Waals surface area contributed by atoms with E-state index >= 15 is 0 Å². The van der Waals surface area contributed by atoms with Crippen molar-refractivity contribution in [2.45, 2.75) is 96.8 Å². The lowest BCUT2D eigenvalue weighted by Gasteiger charge is -2.29. The number of fused-ring (bicyclic) bond motifs is 1. The van der Waals surface area contributed by atoms with Gasteiger partial charge in [0.15, 0.2) is 0 Å². The van der Waals surface area contributed by atoms with E-state index in [1.807, 2.05) is 0 Å². The van der Waals surface area contributed by atoms with E-state index in [2.05, 4.69) is 50.2 Å². The maximum absolute atomic E-state index is 5.78. The van der Waals surface area contributed by atoms with Crippen LogP contribution in [0.3, 0.4) is 0 Å². The number of ether oxygens (including phenoxy) is 1. The minimum absolute atomic E-state index is 0.765. The number of benzene rings is 2. The third-order valence-electron chi connectivity index (χ3n) is 6.59. The molecule has 1 aliphatic carbocycles. The summed E-state index contributed by atoms with van der Waals surface area (Å²) in [5, 5.41) is 2.66. The maximum atomic E-state index is 5.78. The molecular weight excluding hydrogens is 340 g/mol. The summed E-state index contributed by atoms with van der Waals surface area (Å²) in [5.74, 6) is 2.75. The molecule has 1 nitrogen and oxygen atoms in total. The second-order valence-corrected chi connectivity index (χ2v) is 8.89. The van der Waals surface area contributed by atoms with Gasteiger partial charge in [-0.3, -0.25) is 0 Å². The Hall–Kier alpha value is -1.50. The smallest absolute Gasteiger partial charge is 0.119 e. The normalized spacial score (nSPS) is 19.8. The molecule has 0 radical (unpaired) electrons. The predicted molar refractivity (Wildman–Crippen MR) is 122 cm³/mol. The highest BCUT2D eigenvalue weighted by Crippen LogP contribution is 2.38. The van der Waals surface area contributed by atoms with Gasteiger partial charge in [0, 0.05) is 0 Å². The molecule has 0 amide bonds. The third-order valence-corrected chi connectivity index (χ3v) is 6.59. The molecule has 2 aromatic rings. The summed E-state index contributed by atoms with van der Waals surface area (Å²) in [5.41, 5.74) is 1.55. The van der Waals surface area contributed by atoms with E-state index in [9.17, 15) is 0 Å². The van der Waals surface area contributed by atoms with Crippen LogP contribution in [0.15, 0.2) is 36.4 Å². The van der Waals surface area contributed by atoms with Gasteiger partial charge in [-0.2, -0.15) is 0 Å². The summed E-state index contributed by atoms with van der Waals surface area (Å²) in [6.45, 7) is 5.24. The van der Waals surface area contributed by atoms with Crippen LogP contribution in [0.25, 0.3) is 10.8 Å². The molecule has 0 bridgehead atoms. The lowest BCUT2D eigenvalue weighted by atomic mass is 9.76. The summed E-state index contributed by atoms with van der Waals surface area (Å²) < 4.78 is 5.78. The Morgan fingerprint density at radius 2 is 1.46 bits per heavy atom. The molecule has 0 unspecified atom stereocenters. The predicted octanol–water partition coefficient (Wildman–Crippen LogP) is 8.65. The fourth-order valence-corrected chi connectivity index (χ4v) is 4.80.